The fraction of sp³-hybridized carbons (Fsp3) is 0.684. The molecule has 144 valence electrons. The van der Waals surface area contributed by atoms with Crippen LogP contribution in [-0.2, 0) is 9.09 Å². The van der Waals surface area contributed by atoms with Gasteiger partial charge in [0.15, 0.2) is 0 Å². The lowest BCUT2D eigenvalue weighted by Crippen LogP contribution is -2.04. The fourth-order valence-electron chi connectivity index (χ4n) is 2.45. The molecule has 1 aromatic rings. The monoisotopic (exact) mass is 408 g/mol. The lowest BCUT2D eigenvalue weighted by molar-refractivity contribution is 0.257. The largest absolute Gasteiger partial charge is 0.424 e. The van der Waals surface area contributed by atoms with Crippen LogP contribution in [-0.4, -0.2) is 12.8 Å². The second-order valence-corrected chi connectivity index (χ2v) is 9.23. The third-order valence-corrected chi connectivity index (χ3v) is 6.62. The Morgan fingerprint density at radius 2 is 1.52 bits per heavy atom. The summed E-state index contributed by atoms with van der Waals surface area (Å²) < 4.78 is 24.4. The molecule has 0 N–H and O–H groups in total. The van der Waals surface area contributed by atoms with Crippen LogP contribution < -0.4 is 4.52 Å². The maximum atomic E-state index is 13.0. The van der Waals surface area contributed by atoms with Gasteiger partial charge in [0.25, 0.3) is 0 Å². The lowest BCUT2D eigenvalue weighted by Gasteiger charge is -2.19. The summed E-state index contributed by atoms with van der Waals surface area (Å²) in [5, 5.41) is 0.828. The molecule has 1 unspecified atom stereocenters. The quantitative estimate of drug-likeness (QED) is 0.230. The molecule has 0 aromatic heterocycles. The Morgan fingerprint density at radius 3 is 2.16 bits per heavy atom. The van der Waals surface area contributed by atoms with Crippen LogP contribution in [0.25, 0.3) is 0 Å². The van der Waals surface area contributed by atoms with Crippen LogP contribution in [0.4, 0.5) is 0 Å². The predicted octanol–water partition coefficient (Wildman–Crippen LogP) is 8.13. The molecule has 1 aromatic carbocycles. The van der Waals surface area contributed by atoms with Gasteiger partial charge in [-0.2, -0.15) is 0 Å². The van der Waals surface area contributed by atoms with Gasteiger partial charge >= 0.3 is 7.60 Å². The molecular formula is C19H31Cl2O3P. The van der Waals surface area contributed by atoms with Crippen LogP contribution in [0.1, 0.15) is 71.6 Å². The first-order chi connectivity index (χ1) is 12.0. The molecule has 0 bridgehead atoms. The van der Waals surface area contributed by atoms with Crippen LogP contribution in [0.5, 0.6) is 5.75 Å². The van der Waals surface area contributed by atoms with Crippen molar-refractivity contribution >= 4 is 30.8 Å². The van der Waals surface area contributed by atoms with Crippen molar-refractivity contribution in [3.63, 3.8) is 0 Å². The van der Waals surface area contributed by atoms with Gasteiger partial charge in [0.1, 0.15) is 5.75 Å². The SMILES string of the molecule is CCCCCCCCCOP(=O)(CCCC)Oc1ccc(Cl)c(Cl)c1. The first kappa shape index (κ1) is 22.8. The van der Waals surface area contributed by atoms with E-state index in [0.717, 1.165) is 25.7 Å². The highest BCUT2D eigenvalue weighted by atomic mass is 35.5. The Bertz CT molecular complexity index is 537. The maximum absolute atomic E-state index is 13.0. The zero-order chi connectivity index (χ0) is 18.5. The van der Waals surface area contributed by atoms with E-state index in [2.05, 4.69) is 13.8 Å². The lowest BCUT2D eigenvalue weighted by atomic mass is 10.1. The molecule has 0 radical (unpaired) electrons. The number of rotatable bonds is 14. The van der Waals surface area contributed by atoms with Crippen molar-refractivity contribution in [2.24, 2.45) is 0 Å². The molecule has 25 heavy (non-hydrogen) atoms. The van der Waals surface area contributed by atoms with E-state index in [1.54, 1.807) is 18.2 Å². The molecule has 0 spiro atoms. The molecule has 0 heterocycles. The minimum atomic E-state index is -3.16. The normalized spacial score (nSPS) is 13.6. The minimum Gasteiger partial charge on any atom is -0.424 e. The van der Waals surface area contributed by atoms with Crippen molar-refractivity contribution in [3.05, 3.63) is 28.2 Å². The average molecular weight is 409 g/mol. The zero-order valence-electron chi connectivity index (χ0n) is 15.4. The van der Waals surface area contributed by atoms with E-state index < -0.39 is 7.60 Å². The molecule has 0 aliphatic carbocycles. The highest BCUT2D eigenvalue weighted by Gasteiger charge is 2.25. The van der Waals surface area contributed by atoms with Gasteiger partial charge in [-0.3, -0.25) is 4.52 Å². The summed E-state index contributed by atoms with van der Waals surface area (Å²) in [6, 6.07) is 4.89. The average Bonchev–Trinajstić information content (AvgIpc) is 2.59. The van der Waals surface area contributed by atoms with Crippen molar-refractivity contribution in [2.75, 3.05) is 12.8 Å². The first-order valence-electron chi connectivity index (χ1n) is 9.39. The Labute approximate surface area is 162 Å². The smallest absolute Gasteiger partial charge is 0.379 e. The molecule has 1 rings (SSSR count). The summed E-state index contributed by atoms with van der Waals surface area (Å²) in [7, 11) is -3.16. The third kappa shape index (κ3) is 9.89. The Hall–Kier alpha value is -0.210. The molecular weight excluding hydrogens is 378 g/mol. The minimum absolute atomic E-state index is 0.383. The van der Waals surface area contributed by atoms with Gasteiger partial charge in [0, 0.05) is 6.07 Å². The number of hydrogen-bond donors (Lipinski definition) is 0. The number of benzene rings is 1. The van der Waals surface area contributed by atoms with Crippen molar-refractivity contribution in [1.82, 2.24) is 0 Å². The van der Waals surface area contributed by atoms with Gasteiger partial charge in [0.05, 0.1) is 22.8 Å². The topological polar surface area (TPSA) is 35.5 Å². The molecule has 0 aliphatic rings. The second kappa shape index (κ2) is 13.0. The highest BCUT2D eigenvalue weighted by molar-refractivity contribution is 7.54. The summed E-state index contributed by atoms with van der Waals surface area (Å²) in [6.45, 7) is 4.74. The van der Waals surface area contributed by atoms with Crippen molar-refractivity contribution in [2.45, 2.75) is 71.6 Å². The Morgan fingerprint density at radius 1 is 0.880 bits per heavy atom. The van der Waals surface area contributed by atoms with E-state index in [9.17, 15) is 4.57 Å². The number of hydrogen-bond acceptors (Lipinski definition) is 3. The highest BCUT2D eigenvalue weighted by Crippen LogP contribution is 2.49. The van der Waals surface area contributed by atoms with Crippen LogP contribution in [0, 0.1) is 0 Å². The first-order valence-corrected chi connectivity index (χ1v) is 11.9. The van der Waals surface area contributed by atoms with E-state index in [-0.39, 0.29) is 0 Å². The van der Waals surface area contributed by atoms with Crippen LogP contribution in [0.3, 0.4) is 0 Å². The van der Waals surface area contributed by atoms with Crippen molar-refractivity contribution in [1.29, 1.82) is 0 Å². The third-order valence-electron chi connectivity index (χ3n) is 3.96. The predicted molar refractivity (Wildman–Crippen MR) is 108 cm³/mol. The van der Waals surface area contributed by atoms with E-state index in [0.29, 0.717) is 28.6 Å². The van der Waals surface area contributed by atoms with Crippen molar-refractivity contribution in [3.8, 4) is 5.75 Å². The van der Waals surface area contributed by atoms with Crippen LogP contribution >= 0.6 is 30.8 Å². The van der Waals surface area contributed by atoms with Gasteiger partial charge in [-0.05, 0) is 25.0 Å². The summed E-state index contributed by atoms with van der Waals surface area (Å²) >= 11 is 11.9. The van der Waals surface area contributed by atoms with Crippen molar-refractivity contribution < 1.29 is 13.6 Å². The van der Waals surface area contributed by atoms with E-state index in [1.807, 2.05) is 0 Å². The molecule has 1 atom stereocenters. The molecule has 0 saturated heterocycles. The molecule has 3 nitrogen and oxygen atoms in total. The van der Waals surface area contributed by atoms with E-state index >= 15 is 0 Å². The van der Waals surface area contributed by atoms with Gasteiger partial charge in [-0.15, -0.1) is 0 Å². The summed E-state index contributed by atoms with van der Waals surface area (Å²) in [5.74, 6) is 0.438. The summed E-state index contributed by atoms with van der Waals surface area (Å²) in [4.78, 5) is 0. The standard InChI is InChI=1S/C19H31Cl2O3P/c1-3-5-7-8-9-10-11-14-23-25(22,15-6-4-2)24-17-12-13-18(20)19(21)16-17/h12-13,16H,3-11,14-15H2,1-2H3. The van der Waals surface area contributed by atoms with E-state index in [4.69, 9.17) is 32.2 Å². The van der Waals surface area contributed by atoms with Gasteiger partial charge < -0.3 is 4.52 Å². The van der Waals surface area contributed by atoms with Crippen LogP contribution in [0.15, 0.2) is 18.2 Å². The summed E-state index contributed by atoms with van der Waals surface area (Å²) in [6.07, 6.45) is 10.5. The molecule has 0 amide bonds. The zero-order valence-corrected chi connectivity index (χ0v) is 17.8. The Kier molecular flexibility index (Phi) is 11.9. The fourth-order valence-corrected chi connectivity index (χ4v) is 4.55. The number of halogens is 2. The van der Waals surface area contributed by atoms with Gasteiger partial charge in [0.2, 0.25) is 0 Å². The van der Waals surface area contributed by atoms with E-state index in [1.165, 1.54) is 32.1 Å². The Balaban J connectivity index is 2.45. The van der Waals surface area contributed by atoms with Gasteiger partial charge in [-0.1, -0.05) is 82.0 Å². The number of unbranched alkanes of at least 4 members (excludes halogenated alkanes) is 7. The van der Waals surface area contributed by atoms with Gasteiger partial charge in [-0.25, -0.2) is 4.57 Å². The molecule has 0 saturated carbocycles. The summed E-state index contributed by atoms with van der Waals surface area (Å²) in [5.41, 5.74) is 0. The molecule has 0 fully saturated rings. The van der Waals surface area contributed by atoms with Crippen LogP contribution in [0.2, 0.25) is 10.0 Å². The maximum Gasteiger partial charge on any atom is 0.379 e. The molecule has 0 aliphatic heterocycles. The second-order valence-electron chi connectivity index (χ2n) is 6.31. The molecule has 6 heteroatoms.